The van der Waals surface area contributed by atoms with Gasteiger partial charge in [0.05, 0.1) is 4.90 Å². The van der Waals surface area contributed by atoms with Crippen molar-refractivity contribution in [1.29, 1.82) is 0 Å². The molecule has 1 aliphatic rings. The van der Waals surface area contributed by atoms with Gasteiger partial charge in [-0.05, 0) is 36.5 Å². The number of benzene rings is 1. The lowest BCUT2D eigenvalue weighted by Gasteiger charge is -2.33. The maximum Gasteiger partial charge on any atom is 0.243 e. The number of alkyl halides is 1. The van der Waals surface area contributed by atoms with Crippen LogP contribution in [-0.4, -0.2) is 31.2 Å². The Morgan fingerprint density at radius 3 is 2.50 bits per heavy atom. The van der Waals surface area contributed by atoms with Crippen molar-refractivity contribution < 1.29 is 8.42 Å². The predicted molar refractivity (Wildman–Crippen MR) is 82.6 cm³/mol. The fourth-order valence-corrected chi connectivity index (χ4v) is 4.33. The number of rotatable bonds is 4. The third-order valence-electron chi connectivity index (χ3n) is 3.93. The monoisotopic (exact) mass is 315 g/mol. The molecule has 0 spiro atoms. The van der Waals surface area contributed by atoms with Crippen molar-refractivity contribution in [2.45, 2.75) is 43.4 Å². The Morgan fingerprint density at radius 2 is 1.95 bits per heavy atom. The Bertz CT molecular complexity index is 541. The minimum atomic E-state index is -3.40. The molecule has 1 aromatic carbocycles. The summed E-state index contributed by atoms with van der Waals surface area (Å²) in [4.78, 5) is 0.371. The average molecular weight is 316 g/mol. The molecule has 0 saturated carbocycles. The molecule has 0 aliphatic carbocycles. The van der Waals surface area contributed by atoms with Gasteiger partial charge in [0.15, 0.2) is 0 Å². The first-order valence-electron chi connectivity index (χ1n) is 7.18. The van der Waals surface area contributed by atoms with E-state index >= 15 is 0 Å². The molecule has 1 saturated heterocycles. The van der Waals surface area contributed by atoms with Gasteiger partial charge >= 0.3 is 0 Å². The van der Waals surface area contributed by atoms with Crippen LogP contribution in [0.2, 0.25) is 0 Å². The van der Waals surface area contributed by atoms with E-state index in [9.17, 15) is 8.42 Å². The van der Waals surface area contributed by atoms with E-state index in [-0.39, 0.29) is 5.38 Å². The lowest BCUT2D eigenvalue weighted by atomic mass is 10.0. The smallest absolute Gasteiger partial charge is 0.207 e. The van der Waals surface area contributed by atoms with Crippen LogP contribution in [-0.2, 0) is 16.4 Å². The molecule has 1 fully saturated rings. The van der Waals surface area contributed by atoms with Gasteiger partial charge in [-0.3, -0.25) is 0 Å². The number of halogens is 1. The molecule has 1 aliphatic heterocycles. The van der Waals surface area contributed by atoms with Gasteiger partial charge in [-0.15, -0.1) is 11.6 Å². The van der Waals surface area contributed by atoms with E-state index < -0.39 is 10.0 Å². The molecule has 0 N–H and O–H groups in total. The molecule has 5 heteroatoms. The summed E-state index contributed by atoms with van der Waals surface area (Å²) in [5, 5.41) is -0.0992. The Kier molecular flexibility index (Phi) is 5.10. The fraction of sp³-hybridized carbons (Fsp3) is 0.600. The van der Waals surface area contributed by atoms with Crippen LogP contribution in [0, 0.1) is 5.92 Å². The molecule has 2 unspecified atom stereocenters. The maximum atomic E-state index is 12.6. The second-order valence-electron chi connectivity index (χ2n) is 5.54. The zero-order valence-electron chi connectivity index (χ0n) is 12.0. The minimum absolute atomic E-state index is 0.0992. The molecule has 0 bridgehead atoms. The molecule has 0 radical (unpaired) electrons. The summed E-state index contributed by atoms with van der Waals surface area (Å²) >= 11 is 6.22. The first-order chi connectivity index (χ1) is 9.45. The Balaban J connectivity index is 2.17. The second kappa shape index (κ2) is 6.46. The molecule has 1 heterocycles. The molecule has 1 aromatic rings. The van der Waals surface area contributed by atoms with E-state index in [1.807, 2.05) is 12.1 Å². The van der Waals surface area contributed by atoms with Gasteiger partial charge < -0.3 is 0 Å². The summed E-state index contributed by atoms with van der Waals surface area (Å²) in [5.74, 6) is 0.370. The molecule has 0 amide bonds. The fourth-order valence-electron chi connectivity index (χ4n) is 2.48. The largest absolute Gasteiger partial charge is 0.243 e. The van der Waals surface area contributed by atoms with Crippen molar-refractivity contribution in [3.63, 3.8) is 0 Å². The van der Waals surface area contributed by atoms with E-state index in [0.29, 0.717) is 23.9 Å². The Morgan fingerprint density at radius 1 is 1.30 bits per heavy atom. The highest BCUT2D eigenvalue weighted by Gasteiger charge is 2.32. The Labute approximate surface area is 127 Å². The molecular weight excluding hydrogens is 294 g/mol. The molecule has 2 atom stereocenters. The summed E-state index contributed by atoms with van der Waals surface area (Å²) in [6.45, 7) is 5.15. The van der Waals surface area contributed by atoms with Gasteiger partial charge in [-0.2, -0.15) is 4.31 Å². The molecule has 3 nitrogen and oxygen atoms in total. The number of aryl methyl sites for hydroxylation is 1. The lowest BCUT2D eigenvalue weighted by Crippen LogP contribution is -2.43. The van der Waals surface area contributed by atoms with Gasteiger partial charge in [0.1, 0.15) is 0 Å². The zero-order chi connectivity index (χ0) is 14.8. The van der Waals surface area contributed by atoms with Crippen LogP contribution in [0.25, 0.3) is 0 Å². The number of hydrogen-bond donors (Lipinski definition) is 0. The third-order valence-corrected chi connectivity index (χ3v) is 6.38. The van der Waals surface area contributed by atoms with Crippen molar-refractivity contribution in [3.05, 3.63) is 29.8 Å². The summed E-state index contributed by atoms with van der Waals surface area (Å²) in [5.41, 5.74) is 1.17. The highest BCUT2D eigenvalue weighted by atomic mass is 35.5. The van der Waals surface area contributed by atoms with Gasteiger partial charge in [-0.25, -0.2) is 8.42 Å². The lowest BCUT2D eigenvalue weighted by molar-refractivity contribution is 0.293. The maximum absolute atomic E-state index is 12.6. The minimum Gasteiger partial charge on any atom is -0.207 e. The quantitative estimate of drug-likeness (QED) is 0.800. The van der Waals surface area contributed by atoms with Gasteiger partial charge in [0, 0.05) is 18.5 Å². The summed E-state index contributed by atoms with van der Waals surface area (Å²) in [7, 11) is -3.40. The van der Waals surface area contributed by atoms with Crippen LogP contribution < -0.4 is 0 Å². The number of nitrogens with zero attached hydrogens (tertiary/aromatic N) is 1. The standard InChI is InChI=1S/C15H22ClNO2S/c1-3-4-13-5-7-14(8-6-13)20(18,19)17-10-9-12(2)15(16)11-17/h5-8,12,15H,3-4,9-11H2,1-2H3. The van der Waals surface area contributed by atoms with Crippen molar-refractivity contribution in [1.82, 2.24) is 4.31 Å². The summed E-state index contributed by atoms with van der Waals surface area (Å²) in [6.07, 6.45) is 2.86. The number of piperidine rings is 1. The van der Waals surface area contributed by atoms with E-state index in [1.165, 1.54) is 9.87 Å². The van der Waals surface area contributed by atoms with E-state index in [2.05, 4.69) is 13.8 Å². The zero-order valence-corrected chi connectivity index (χ0v) is 13.6. The van der Waals surface area contributed by atoms with Crippen molar-refractivity contribution in [3.8, 4) is 0 Å². The summed E-state index contributed by atoms with van der Waals surface area (Å²) in [6, 6.07) is 7.23. The first kappa shape index (κ1) is 15.8. The van der Waals surface area contributed by atoms with Crippen molar-refractivity contribution in [2.24, 2.45) is 5.92 Å². The topological polar surface area (TPSA) is 37.4 Å². The molecule has 0 aromatic heterocycles. The highest BCUT2D eigenvalue weighted by molar-refractivity contribution is 7.89. The Hall–Kier alpha value is -0.580. The van der Waals surface area contributed by atoms with Gasteiger partial charge in [0.2, 0.25) is 10.0 Å². The van der Waals surface area contributed by atoms with Crippen LogP contribution in [0.5, 0.6) is 0 Å². The van der Waals surface area contributed by atoms with Crippen LogP contribution in [0.15, 0.2) is 29.2 Å². The number of hydrogen-bond acceptors (Lipinski definition) is 2. The molecular formula is C15H22ClNO2S. The summed E-state index contributed by atoms with van der Waals surface area (Å²) < 4.78 is 26.7. The van der Waals surface area contributed by atoms with Crippen LogP contribution >= 0.6 is 11.6 Å². The van der Waals surface area contributed by atoms with Gasteiger partial charge in [-0.1, -0.05) is 32.4 Å². The first-order valence-corrected chi connectivity index (χ1v) is 9.06. The van der Waals surface area contributed by atoms with Crippen LogP contribution in [0.3, 0.4) is 0 Å². The predicted octanol–water partition coefficient (Wildman–Crippen LogP) is 3.28. The normalized spacial score (nSPS) is 24.8. The number of sulfonamides is 1. The van der Waals surface area contributed by atoms with Crippen molar-refractivity contribution in [2.75, 3.05) is 13.1 Å². The van der Waals surface area contributed by atoms with E-state index in [0.717, 1.165) is 19.3 Å². The molecule has 112 valence electrons. The van der Waals surface area contributed by atoms with Crippen molar-refractivity contribution >= 4 is 21.6 Å². The highest BCUT2D eigenvalue weighted by Crippen LogP contribution is 2.26. The van der Waals surface area contributed by atoms with Gasteiger partial charge in [0.25, 0.3) is 0 Å². The molecule has 20 heavy (non-hydrogen) atoms. The van der Waals surface area contributed by atoms with Crippen LogP contribution in [0.1, 0.15) is 32.3 Å². The molecule has 2 rings (SSSR count). The van der Waals surface area contributed by atoms with Crippen LogP contribution in [0.4, 0.5) is 0 Å². The van der Waals surface area contributed by atoms with E-state index in [1.54, 1.807) is 12.1 Å². The third kappa shape index (κ3) is 3.35. The SMILES string of the molecule is CCCc1ccc(S(=O)(=O)N2CCC(C)C(Cl)C2)cc1. The average Bonchev–Trinajstić information content (AvgIpc) is 2.43. The van der Waals surface area contributed by atoms with E-state index in [4.69, 9.17) is 11.6 Å². The second-order valence-corrected chi connectivity index (χ2v) is 8.04.